The molecule has 0 saturated heterocycles. The predicted molar refractivity (Wildman–Crippen MR) is 117 cm³/mol. The fourth-order valence-corrected chi connectivity index (χ4v) is 3.50. The maximum atomic E-state index is 12.6. The Morgan fingerprint density at radius 1 is 1.07 bits per heavy atom. The third kappa shape index (κ3) is 4.29. The van der Waals surface area contributed by atoms with Crippen molar-refractivity contribution in [2.24, 2.45) is 5.92 Å². The Hall–Kier alpha value is -2.82. The van der Waals surface area contributed by atoms with E-state index in [4.69, 9.17) is 27.6 Å². The van der Waals surface area contributed by atoms with Gasteiger partial charge in [-0.15, -0.1) is 0 Å². The summed E-state index contributed by atoms with van der Waals surface area (Å²) in [6.07, 6.45) is 0.496. The van der Waals surface area contributed by atoms with Crippen LogP contribution in [0.5, 0.6) is 0 Å². The minimum absolute atomic E-state index is 0.104. The maximum Gasteiger partial charge on any atom is 0.227 e. The van der Waals surface area contributed by atoms with Crippen LogP contribution in [-0.2, 0) is 11.2 Å². The molecule has 0 spiro atoms. The Morgan fingerprint density at radius 3 is 2.66 bits per heavy atom. The average molecular weight is 425 g/mol. The number of hydrogen-bond acceptors (Lipinski definition) is 3. The van der Waals surface area contributed by atoms with E-state index in [1.54, 1.807) is 12.1 Å². The molecule has 4 aromatic rings. The highest BCUT2D eigenvalue weighted by Crippen LogP contribution is 2.29. The lowest BCUT2D eigenvalue weighted by Gasteiger charge is -2.13. The summed E-state index contributed by atoms with van der Waals surface area (Å²) < 4.78 is 5.81. The highest BCUT2D eigenvalue weighted by atomic mass is 35.5. The van der Waals surface area contributed by atoms with Gasteiger partial charge in [0.25, 0.3) is 0 Å². The lowest BCUT2D eigenvalue weighted by atomic mass is 10.00. The first kappa shape index (κ1) is 19.5. The number of oxazole rings is 1. The molecule has 0 bridgehead atoms. The molecule has 0 aliphatic heterocycles. The Bertz CT molecular complexity index is 1170. The average Bonchev–Trinajstić information content (AvgIpc) is 3.15. The molecule has 0 aliphatic carbocycles. The van der Waals surface area contributed by atoms with E-state index in [9.17, 15) is 4.79 Å². The molecule has 1 amide bonds. The first-order chi connectivity index (χ1) is 14.0. The van der Waals surface area contributed by atoms with Crippen molar-refractivity contribution in [1.29, 1.82) is 0 Å². The molecule has 1 aromatic heterocycles. The molecule has 6 heteroatoms. The Labute approximate surface area is 178 Å². The van der Waals surface area contributed by atoms with Gasteiger partial charge in [0, 0.05) is 17.2 Å². The number of aromatic nitrogens is 1. The normalized spacial score (nSPS) is 12.1. The molecule has 1 heterocycles. The molecule has 1 atom stereocenters. The number of fused-ring (bicyclic) bond motifs is 1. The topological polar surface area (TPSA) is 55.1 Å². The summed E-state index contributed by atoms with van der Waals surface area (Å²) >= 11 is 12.3. The largest absolute Gasteiger partial charge is 0.436 e. The number of carbonyl (C=O) groups is 1. The zero-order valence-electron chi connectivity index (χ0n) is 15.7. The summed E-state index contributed by atoms with van der Waals surface area (Å²) in [6, 6.07) is 20.6. The second kappa shape index (κ2) is 8.27. The molecule has 0 aliphatic rings. The summed E-state index contributed by atoms with van der Waals surface area (Å²) in [7, 11) is 0. The third-order valence-electron chi connectivity index (χ3n) is 4.68. The van der Waals surface area contributed by atoms with Crippen LogP contribution in [0, 0.1) is 5.92 Å². The third-order valence-corrected chi connectivity index (χ3v) is 5.54. The molecule has 1 N–H and O–H groups in total. The molecule has 4 nitrogen and oxygen atoms in total. The SMILES string of the molecule is C[C@H](Cc1cccc(Cl)c1Cl)C(=O)Nc1ccc2oc(-c3ccccc3)nc2c1. The number of rotatable bonds is 5. The quantitative estimate of drug-likeness (QED) is 0.391. The standard InChI is InChI=1S/C23H18Cl2N2O2/c1-14(12-16-8-5-9-18(24)21(16)25)22(28)26-17-10-11-20-19(13-17)27-23(29-20)15-6-3-2-4-7-15/h2-11,13-14H,12H2,1H3,(H,26,28)/t14-/m1/s1. The molecule has 0 saturated carbocycles. The number of amides is 1. The number of nitrogens with zero attached hydrogens (tertiary/aromatic N) is 1. The van der Waals surface area contributed by atoms with Crippen molar-refractivity contribution in [3.05, 3.63) is 82.3 Å². The van der Waals surface area contributed by atoms with Crippen molar-refractivity contribution in [3.63, 3.8) is 0 Å². The summed E-state index contributed by atoms with van der Waals surface area (Å²) in [4.78, 5) is 17.2. The van der Waals surface area contributed by atoms with Crippen LogP contribution in [0.2, 0.25) is 10.0 Å². The maximum absolute atomic E-state index is 12.6. The van der Waals surface area contributed by atoms with Crippen molar-refractivity contribution in [3.8, 4) is 11.5 Å². The second-order valence-corrected chi connectivity index (χ2v) is 7.66. The van der Waals surface area contributed by atoms with E-state index in [1.165, 1.54) is 0 Å². The smallest absolute Gasteiger partial charge is 0.227 e. The zero-order valence-corrected chi connectivity index (χ0v) is 17.2. The molecule has 29 heavy (non-hydrogen) atoms. The molecular weight excluding hydrogens is 407 g/mol. The Balaban J connectivity index is 1.49. The fourth-order valence-electron chi connectivity index (χ4n) is 3.10. The number of carbonyl (C=O) groups excluding carboxylic acids is 1. The van der Waals surface area contributed by atoms with Gasteiger partial charge in [-0.25, -0.2) is 4.98 Å². The Morgan fingerprint density at radius 2 is 1.86 bits per heavy atom. The molecular formula is C23H18Cl2N2O2. The van der Waals surface area contributed by atoms with Crippen LogP contribution < -0.4 is 5.32 Å². The lowest BCUT2D eigenvalue weighted by molar-refractivity contribution is -0.119. The predicted octanol–water partition coefficient (Wildman–Crippen LogP) is 6.62. The van der Waals surface area contributed by atoms with E-state index >= 15 is 0 Å². The number of benzene rings is 3. The number of hydrogen-bond donors (Lipinski definition) is 1. The number of halogens is 2. The van der Waals surface area contributed by atoms with Gasteiger partial charge in [-0.3, -0.25) is 4.79 Å². The molecule has 0 unspecified atom stereocenters. The van der Waals surface area contributed by atoms with Gasteiger partial charge in [-0.2, -0.15) is 0 Å². The summed E-state index contributed by atoms with van der Waals surface area (Å²) in [5.74, 6) is 0.166. The van der Waals surface area contributed by atoms with Crippen LogP contribution in [-0.4, -0.2) is 10.9 Å². The van der Waals surface area contributed by atoms with E-state index in [-0.39, 0.29) is 11.8 Å². The van der Waals surface area contributed by atoms with E-state index in [0.29, 0.717) is 39.1 Å². The van der Waals surface area contributed by atoms with E-state index in [1.807, 2.05) is 61.5 Å². The first-order valence-corrected chi connectivity index (χ1v) is 9.96. The summed E-state index contributed by atoms with van der Waals surface area (Å²) in [5, 5.41) is 3.92. The lowest BCUT2D eigenvalue weighted by Crippen LogP contribution is -2.22. The van der Waals surface area contributed by atoms with Crippen LogP contribution in [0.15, 0.2) is 71.1 Å². The van der Waals surface area contributed by atoms with E-state index in [0.717, 1.165) is 11.1 Å². The molecule has 0 radical (unpaired) electrons. The number of anilines is 1. The zero-order chi connectivity index (χ0) is 20.4. The second-order valence-electron chi connectivity index (χ2n) is 6.87. The fraction of sp³-hybridized carbons (Fsp3) is 0.130. The van der Waals surface area contributed by atoms with Gasteiger partial charge in [-0.05, 0) is 48.4 Å². The highest BCUT2D eigenvalue weighted by Gasteiger charge is 2.17. The van der Waals surface area contributed by atoms with E-state index < -0.39 is 0 Å². The van der Waals surface area contributed by atoms with Gasteiger partial charge in [0.15, 0.2) is 5.58 Å². The van der Waals surface area contributed by atoms with E-state index in [2.05, 4.69) is 10.3 Å². The van der Waals surface area contributed by atoms with Crippen LogP contribution in [0.4, 0.5) is 5.69 Å². The van der Waals surface area contributed by atoms with Gasteiger partial charge in [-0.1, -0.05) is 60.5 Å². The van der Waals surface area contributed by atoms with Gasteiger partial charge in [0.2, 0.25) is 11.8 Å². The number of nitrogens with one attached hydrogen (secondary N) is 1. The van der Waals surface area contributed by atoms with Crippen molar-refractivity contribution < 1.29 is 9.21 Å². The minimum atomic E-state index is -0.279. The van der Waals surface area contributed by atoms with Crippen LogP contribution in [0.1, 0.15) is 12.5 Å². The van der Waals surface area contributed by atoms with Crippen molar-refractivity contribution in [2.45, 2.75) is 13.3 Å². The first-order valence-electron chi connectivity index (χ1n) is 9.21. The monoisotopic (exact) mass is 424 g/mol. The minimum Gasteiger partial charge on any atom is -0.436 e. The van der Waals surface area contributed by atoms with Gasteiger partial charge >= 0.3 is 0 Å². The van der Waals surface area contributed by atoms with Gasteiger partial charge < -0.3 is 9.73 Å². The van der Waals surface area contributed by atoms with Gasteiger partial charge in [0.1, 0.15) is 5.52 Å². The van der Waals surface area contributed by atoms with Crippen molar-refractivity contribution in [2.75, 3.05) is 5.32 Å². The van der Waals surface area contributed by atoms with Crippen molar-refractivity contribution in [1.82, 2.24) is 4.98 Å². The van der Waals surface area contributed by atoms with Crippen LogP contribution in [0.25, 0.3) is 22.6 Å². The van der Waals surface area contributed by atoms with Crippen LogP contribution >= 0.6 is 23.2 Å². The summed E-state index contributed by atoms with van der Waals surface area (Å²) in [6.45, 7) is 1.86. The Kier molecular flexibility index (Phi) is 5.56. The van der Waals surface area contributed by atoms with Crippen molar-refractivity contribution >= 4 is 45.9 Å². The molecule has 0 fully saturated rings. The van der Waals surface area contributed by atoms with Crippen LogP contribution in [0.3, 0.4) is 0 Å². The molecule has 146 valence electrons. The molecule has 4 rings (SSSR count). The molecule has 3 aromatic carbocycles. The highest BCUT2D eigenvalue weighted by molar-refractivity contribution is 6.42. The van der Waals surface area contributed by atoms with Gasteiger partial charge in [0.05, 0.1) is 10.0 Å². The summed E-state index contributed by atoms with van der Waals surface area (Å²) in [5.41, 5.74) is 3.77.